The molecule has 34 nitrogen and oxygen atoms in total. The monoisotopic (exact) mass is 1230 g/mol. The highest BCUT2D eigenvalue weighted by Crippen LogP contribution is 2.33. The molecule has 0 bridgehead atoms. The molecule has 0 aromatic carbocycles. The van der Waals surface area contributed by atoms with E-state index in [1.54, 1.807) is 0 Å². The number of aromatic amines is 1. The third kappa shape index (κ3) is 15.5. The zero-order chi connectivity index (χ0) is 62.0. The number of aliphatic hydroxyl groups excluding tert-OH is 12. The number of carbonyl (C=O) groups is 5. The standard InChI is InChI=1S/2C9H15FN2O5.C9H13FN2O5.C9H11FN2O5.C9H15FN2O4/c4*10-6-7(15)4(3-13)17-8(6)12-2-1-5(14)11-9(12)16;10-6-7(14)5(4-13)16-8(6)12-3-1-2-11-9(12)15/h2*4-8,13-15H,1-3H2,(H,11,16);4,6-8,13,15H,1-3H2,(H,11,14,16);1-2,4,6-8,13,15H,3H2,(H,11,14,16);5-8,13-14H,1-4H2,(H,11,15)/t4-,5+,6+,7-,8-;4-,5-,6+,7-,8-;2*4-,6+,7-,8-;5-,6+,7-,8-/m11111/s1. The highest BCUT2D eigenvalue weighted by molar-refractivity contribution is 5.96. The number of aliphatic hydroxyl groups is 12. The van der Waals surface area contributed by atoms with Crippen LogP contribution in [0.15, 0.2) is 21.9 Å². The average Bonchev–Trinajstić information content (AvgIpc) is 4.42. The van der Waals surface area contributed by atoms with Gasteiger partial charge in [-0.05, 0) is 6.42 Å². The summed E-state index contributed by atoms with van der Waals surface area (Å²) in [6.07, 6.45) is -27.1. The summed E-state index contributed by atoms with van der Waals surface area (Å²) in [5.74, 6) is -0.432. The number of hydrogen-bond donors (Lipinski definition) is 17. The van der Waals surface area contributed by atoms with Gasteiger partial charge in [0.15, 0.2) is 62.0 Å². The molecule has 9 amide bonds. The number of nitrogens with zero attached hydrogens (tertiary/aromatic N) is 5. The van der Waals surface area contributed by atoms with E-state index >= 15 is 0 Å². The predicted molar refractivity (Wildman–Crippen MR) is 261 cm³/mol. The van der Waals surface area contributed by atoms with Gasteiger partial charge in [-0.2, -0.15) is 0 Å². The van der Waals surface area contributed by atoms with Gasteiger partial charge in [-0.1, -0.05) is 0 Å². The normalized spacial score (nSPS) is 39.3. The molecule has 17 N–H and O–H groups in total. The molecule has 0 radical (unpaired) electrons. The van der Waals surface area contributed by atoms with Crippen molar-refractivity contribution in [3.05, 3.63) is 33.1 Å². The third-order valence-electron chi connectivity index (χ3n) is 14.3. The minimum atomic E-state index is -1.85. The Balaban J connectivity index is 0.000000168. The lowest BCUT2D eigenvalue weighted by Gasteiger charge is -2.34. The Morgan fingerprint density at radius 1 is 0.464 bits per heavy atom. The van der Waals surface area contributed by atoms with Crippen LogP contribution in [0.3, 0.4) is 0 Å². The Labute approximate surface area is 470 Å². The molecule has 9 aliphatic rings. The van der Waals surface area contributed by atoms with Gasteiger partial charge >= 0.3 is 29.8 Å². The maximum Gasteiger partial charge on any atom is 0.330 e. The number of halogens is 5. The van der Waals surface area contributed by atoms with Crippen molar-refractivity contribution in [2.45, 2.75) is 161 Å². The molecule has 478 valence electrons. The summed E-state index contributed by atoms with van der Waals surface area (Å²) in [5.41, 5.74) is -1.45. The quantitative estimate of drug-likeness (QED) is 0.0968. The molecule has 0 unspecified atom stereocenters. The van der Waals surface area contributed by atoms with Crippen LogP contribution in [-0.4, -0.2) is 315 Å². The Kier molecular flexibility index (Phi) is 24.2. The lowest BCUT2D eigenvalue weighted by Crippen LogP contribution is -2.57. The van der Waals surface area contributed by atoms with Crippen LogP contribution < -0.4 is 32.5 Å². The first-order valence-corrected chi connectivity index (χ1v) is 26.2. The van der Waals surface area contributed by atoms with E-state index in [0.29, 0.717) is 19.5 Å². The van der Waals surface area contributed by atoms with Crippen molar-refractivity contribution < 1.29 is 131 Å². The van der Waals surface area contributed by atoms with E-state index in [2.05, 4.69) is 16.0 Å². The van der Waals surface area contributed by atoms with Gasteiger partial charge in [0.1, 0.15) is 73.5 Å². The number of aromatic nitrogens is 2. The smallest absolute Gasteiger partial charge is 0.330 e. The Bertz CT molecular complexity index is 2430. The van der Waals surface area contributed by atoms with Crippen LogP contribution in [0.2, 0.25) is 0 Å². The van der Waals surface area contributed by atoms with E-state index in [-0.39, 0.29) is 38.9 Å². The number of carbonyl (C=O) groups excluding carboxylic acids is 5. The first kappa shape index (κ1) is 67.5. The van der Waals surface area contributed by atoms with E-state index in [1.807, 2.05) is 10.3 Å². The van der Waals surface area contributed by atoms with Crippen LogP contribution in [0.25, 0.3) is 0 Å². The first-order chi connectivity index (χ1) is 39.8. The summed E-state index contributed by atoms with van der Waals surface area (Å²) < 4.78 is 94.6. The molecule has 0 saturated carbocycles. The number of hydrogen-bond acceptors (Lipinski definition) is 24. The fourth-order valence-corrected chi connectivity index (χ4v) is 9.64. The average molecular weight is 1230 g/mol. The van der Waals surface area contributed by atoms with Crippen LogP contribution in [0.5, 0.6) is 0 Å². The van der Waals surface area contributed by atoms with Crippen molar-refractivity contribution in [1.29, 1.82) is 0 Å². The summed E-state index contributed by atoms with van der Waals surface area (Å²) in [6, 6.07) is -1.41. The molecule has 0 spiro atoms. The number of H-pyrrole nitrogens is 1. The fourth-order valence-electron chi connectivity index (χ4n) is 9.64. The molecule has 84 heavy (non-hydrogen) atoms. The summed E-state index contributed by atoms with van der Waals surface area (Å²) >= 11 is 0. The third-order valence-corrected chi connectivity index (χ3v) is 14.3. The summed E-state index contributed by atoms with van der Waals surface area (Å²) in [4.78, 5) is 85.3. The van der Waals surface area contributed by atoms with Crippen molar-refractivity contribution in [1.82, 2.24) is 50.4 Å². The second kappa shape index (κ2) is 30.2. The number of rotatable bonds is 10. The Morgan fingerprint density at radius 3 is 1.13 bits per heavy atom. The number of alkyl halides is 5. The van der Waals surface area contributed by atoms with Gasteiger partial charge < -0.3 is 101 Å². The SMILES string of the molecule is O=C1CCN([C@@H]2O[C@H](CO)[C@@H](O)[C@@H]2F)C(=O)N1.O=C1NCCCN1[C@@H]1O[C@H](CO)[C@@H](O)[C@@H]1F.O=C1N[C@@H](O)CCN1[C@@H]1O[C@H](CO)[C@@H](O)[C@@H]1F.O=C1N[C@H](O)CCN1[C@@H]1O[C@H](CO)[C@@H](O)[C@@H]1F.O=c1ccn([C@@H]2O[C@H](CO)[C@@H](O)[C@@H]2F)c(=O)[nH]1. The van der Waals surface area contributed by atoms with E-state index < -0.39 is 210 Å². The van der Waals surface area contributed by atoms with Crippen molar-refractivity contribution in [3.8, 4) is 0 Å². The first-order valence-electron chi connectivity index (χ1n) is 26.2. The van der Waals surface area contributed by atoms with E-state index in [0.717, 1.165) is 31.5 Å². The fraction of sp³-hybridized carbons (Fsp3) is 0.800. The van der Waals surface area contributed by atoms with Crippen LogP contribution in [-0.2, 0) is 28.5 Å². The number of urea groups is 4. The van der Waals surface area contributed by atoms with Crippen molar-refractivity contribution in [2.75, 3.05) is 65.8 Å². The molecule has 9 saturated heterocycles. The molecular weight excluding hydrogens is 1160 g/mol. The van der Waals surface area contributed by atoms with E-state index in [4.69, 9.17) is 49.2 Å². The molecule has 22 atom stereocenters. The molecule has 1 aromatic heterocycles. The number of imide groups is 1. The summed E-state index contributed by atoms with van der Waals surface area (Å²) in [6.45, 7) is -1.36. The minimum absolute atomic E-state index is 0.0284. The summed E-state index contributed by atoms with van der Waals surface area (Å²) in [7, 11) is 0. The van der Waals surface area contributed by atoms with Crippen LogP contribution in [0.1, 0.15) is 31.9 Å². The molecule has 0 aliphatic carbocycles. The lowest BCUT2D eigenvalue weighted by molar-refractivity contribution is -0.124. The number of amides is 9. The molecular formula is C45H69F5N10O24. The van der Waals surface area contributed by atoms with Crippen molar-refractivity contribution >= 4 is 30.0 Å². The maximum absolute atomic E-state index is 13.7. The van der Waals surface area contributed by atoms with Crippen LogP contribution >= 0.6 is 0 Å². The van der Waals surface area contributed by atoms with Gasteiger partial charge in [0, 0.05) is 64.2 Å². The van der Waals surface area contributed by atoms with E-state index in [9.17, 15) is 91.3 Å². The maximum atomic E-state index is 13.7. The lowest BCUT2D eigenvalue weighted by atomic mass is 10.1. The predicted octanol–water partition coefficient (Wildman–Crippen LogP) is -8.44. The van der Waals surface area contributed by atoms with Gasteiger partial charge in [0.2, 0.25) is 5.91 Å². The summed E-state index contributed by atoms with van der Waals surface area (Å²) in [5, 5.41) is 119. The molecule has 39 heteroatoms. The molecule has 10 rings (SSSR count). The molecule has 1 aromatic rings. The molecule has 10 heterocycles. The zero-order valence-corrected chi connectivity index (χ0v) is 44.1. The van der Waals surface area contributed by atoms with Gasteiger partial charge in [0.05, 0.1) is 33.0 Å². The van der Waals surface area contributed by atoms with Crippen LogP contribution in [0.4, 0.5) is 41.1 Å². The Morgan fingerprint density at radius 2 is 0.810 bits per heavy atom. The Hall–Kier alpha value is -5.60. The highest BCUT2D eigenvalue weighted by atomic mass is 19.2. The van der Waals surface area contributed by atoms with Gasteiger partial charge in [-0.3, -0.25) is 44.1 Å². The minimum Gasteiger partial charge on any atom is -0.394 e. The topological polar surface area (TPSA) is 490 Å². The number of ether oxygens (including phenoxy) is 5. The van der Waals surface area contributed by atoms with E-state index in [1.165, 1.54) is 4.90 Å². The van der Waals surface area contributed by atoms with Crippen LogP contribution in [0, 0.1) is 0 Å². The largest absolute Gasteiger partial charge is 0.394 e. The zero-order valence-electron chi connectivity index (χ0n) is 44.1. The highest BCUT2D eigenvalue weighted by Gasteiger charge is 2.53. The van der Waals surface area contributed by atoms with Gasteiger partial charge in [-0.25, -0.2) is 45.9 Å². The van der Waals surface area contributed by atoms with Gasteiger partial charge in [-0.15, -0.1) is 0 Å². The number of nitrogens with one attached hydrogen (secondary N) is 5. The van der Waals surface area contributed by atoms with Crippen molar-refractivity contribution in [3.63, 3.8) is 0 Å². The van der Waals surface area contributed by atoms with Gasteiger partial charge in [0.25, 0.3) is 5.56 Å². The second-order valence-electron chi connectivity index (χ2n) is 19.9. The second-order valence-corrected chi connectivity index (χ2v) is 19.9. The molecule has 9 aliphatic heterocycles. The van der Waals surface area contributed by atoms with Crippen molar-refractivity contribution in [2.24, 2.45) is 0 Å². The molecule has 9 fully saturated rings.